The molecule has 4 heterocycles. The molecule has 0 aliphatic carbocycles. The summed E-state index contributed by atoms with van der Waals surface area (Å²) < 4.78 is 1.48. The van der Waals surface area contributed by atoms with E-state index in [2.05, 4.69) is 15.6 Å². The molecule has 164 valence electrons. The van der Waals surface area contributed by atoms with E-state index in [1.807, 2.05) is 6.08 Å². The van der Waals surface area contributed by atoms with Crippen molar-refractivity contribution in [1.29, 1.82) is 0 Å². The molecule has 10 nitrogen and oxygen atoms in total. The highest BCUT2D eigenvalue weighted by atomic mass is 35.5. The van der Waals surface area contributed by atoms with E-state index in [0.29, 0.717) is 42.2 Å². The molecular weight excluding hydrogens is 436 g/mol. The van der Waals surface area contributed by atoms with Gasteiger partial charge in [0.15, 0.2) is 5.69 Å². The molecule has 0 saturated carbocycles. The van der Waals surface area contributed by atoms with E-state index < -0.39 is 11.9 Å². The topological polar surface area (TPSA) is 118 Å². The molecule has 1 fully saturated rings. The molecule has 0 spiro atoms. The number of amides is 4. The minimum absolute atomic E-state index is 0.204. The number of hydrogen-bond donors (Lipinski definition) is 1. The number of piperidine rings is 1. The van der Waals surface area contributed by atoms with Gasteiger partial charge in [-0.05, 0) is 36.6 Å². The molecule has 0 radical (unpaired) electrons. The molecule has 32 heavy (non-hydrogen) atoms. The van der Waals surface area contributed by atoms with E-state index in [1.54, 1.807) is 29.3 Å². The Hall–Kier alpha value is -3.53. The van der Waals surface area contributed by atoms with Gasteiger partial charge in [0.25, 0.3) is 11.8 Å². The molecule has 1 aromatic carbocycles. The van der Waals surface area contributed by atoms with Gasteiger partial charge in [0.1, 0.15) is 6.04 Å². The van der Waals surface area contributed by atoms with Crippen LogP contribution in [0.4, 0.5) is 0 Å². The standard InChI is InChI=1S/C21H19ClN6O4/c22-13-2-1-7-26(10-13)21(32)16-11-28(25-24-16)14-3-4-15-12(8-14)9-27(20(15)31)17-5-6-18(29)23-19(17)30/h2-4,8,11,17H,1,5-7,9-10H2,(H,23,29,30). The minimum Gasteiger partial charge on any atom is -0.332 e. The zero-order valence-electron chi connectivity index (χ0n) is 17.0. The monoisotopic (exact) mass is 454 g/mol. The summed E-state index contributed by atoms with van der Waals surface area (Å²) in [6.07, 6.45) is 4.65. The quantitative estimate of drug-likeness (QED) is 0.691. The molecule has 1 aromatic heterocycles. The van der Waals surface area contributed by atoms with E-state index >= 15 is 0 Å². The number of nitrogens with zero attached hydrogens (tertiary/aromatic N) is 5. The second-order valence-corrected chi connectivity index (χ2v) is 8.44. The molecule has 0 bridgehead atoms. The van der Waals surface area contributed by atoms with Crippen LogP contribution in [-0.4, -0.2) is 67.6 Å². The maximum atomic E-state index is 12.8. The van der Waals surface area contributed by atoms with Crippen LogP contribution in [0.1, 0.15) is 45.7 Å². The lowest BCUT2D eigenvalue weighted by Crippen LogP contribution is -2.52. The summed E-state index contributed by atoms with van der Waals surface area (Å²) in [4.78, 5) is 52.3. The van der Waals surface area contributed by atoms with Gasteiger partial charge in [0, 0.05) is 30.1 Å². The van der Waals surface area contributed by atoms with Crippen LogP contribution < -0.4 is 5.32 Å². The van der Waals surface area contributed by atoms with E-state index in [4.69, 9.17) is 11.6 Å². The highest BCUT2D eigenvalue weighted by molar-refractivity contribution is 6.30. The number of fused-ring (bicyclic) bond motifs is 1. The van der Waals surface area contributed by atoms with Crippen molar-refractivity contribution in [3.8, 4) is 5.69 Å². The van der Waals surface area contributed by atoms with Crippen LogP contribution >= 0.6 is 11.6 Å². The lowest BCUT2D eigenvalue weighted by atomic mass is 10.0. The Balaban J connectivity index is 1.35. The third-order valence-corrected chi connectivity index (χ3v) is 6.15. The van der Waals surface area contributed by atoms with E-state index in [0.717, 1.165) is 5.56 Å². The van der Waals surface area contributed by atoms with Crippen molar-refractivity contribution in [2.24, 2.45) is 0 Å². The van der Waals surface area contributed by atoms with Crippen LogP contribution in [-0.2, 0) is 16.1 Å². The Morgan fingerprint density at radius 1 is 1.19 bits per heavy atom. The number of nitrogens with one attached hydrogen (secondary N) is 1. The molecule has 1 unspecified atom stereocenters. The first kappa shape index (κ1) is 20.4. The zero-order chi connectivity index (χ0) is 22.4. The first-order chi connectivity index (χ1) is 15.4. The molecular formula is C21H19ClN6O4. The summed E-state index contributed by atoms with van der Waals surface area (Å²) >= 11 is 6.05. The maximum Gasteiger partial charge on any atom is 0.276 e. The van der Waals surface area contributed by atoms with E-state index in [9.17, 15) is 19.2 Å². The van der Waals surface area contributed by atoms with Crippen molar-refractivity contribution in [3.05, 3.63) is 52.3 Å². The summed E-state index contributed by atoms with van der Waals surface area (Å²) in [5.41, 5.74) is 2.10. The Morgan fingerprint density at radius 3 is 2.81 bits per heavy atom. The minimum atomic E-state index is -0.669. The summed E-state index contributed by atoms with van der Waals surface area (Å²) in [7, 11) is 0. The first-order valence-corrected chi connectivity index (χ1v) is 10.6. The van der Waals surface area contributed by atoms with Crippen LogP contribution in [0.2, 0.25) is 0 Å². The molecule has 1 atom stereocenters. The average Bonchev–Trinajstić information content (AvgIpc) is 3.38. The first-order valence-electron chi connectivity index (χ1n) is 10.2. The summed E-state index contributed by atoms with van der Waals surface area (Å²) in [5, 5.41) is 11.0. The van der Waals surface area contributed by atoms with Crippen molar-refractivity contribution in [3.63, 3.8) is 0 Å². The Kier molecular flexibility index (Phi) is 5.01. The number of hydrogen-bond acceptors (Lipinski definition) is 6. The molecule has 3 aliphatic heterocycles. The SMILES string of the molecule is O=C1CCC(N2Cc3cc(-n4cc(C(=O)N5CCC=C(Cl)C5)nn4)ccc3C2=O)C(=O)N1. The number of benzene rings is 1. The predicted molar refractivity (Wildman–Crippen MR) is 112 cm³/mol. The van der Waals surface area contributed by atoms with Gasteiger partial charge < -0.3 is 9.80 Å². The lowest BCUT2D eigenvalue weighted by Gasteiger charge is -2.29. The molecule has 11 heteroatoms. The van der Waals surface area contributed by atoms with Gasteiger partial charge in [-0.15, -0.1) is 5.10 Å². The summed E-state index contributed by atoms with van der Waals surface area (Å²) in [5.74, 6) is -1.26. The van der Waals surface area contributed by atoms with Crippen molar-refractivity contribution in [1.82, 2.24) is 30.1 Å². The van der Waals surface area contributed by atoms with Gasteiger partial charge in [-0.2, -0.15) is 0 Å². The summed E-state index contributed by atoms with van der Waals surface area (Å²) in [6, 6.07) is 4.52. The Bertz CT molecular complexity index is 1190. The van der Waals surface area contributed by atoms with Gasteiger partial charge in [-0.3, -0.25) is 24.5 Å². The Morgan fingerprint density at radius 2 is 2.03 bits per heavy atom. The Labute approximate surface area is 187 Å². The second-order valence-electron chi connectivity index (χ2n) is 7.96. The van der Waals surface area contributed by atoms with Crippen LogP contribution in [0.25, 0.3) is 5.69 Å². The fourth-order valence-electron chi connectivity index (χ4n) is 4.23. The van der Waals surface area contributed by atoms with Crippen LogP contribution in [0, 0.1) is 0 Å². The number of rotatable bonds is 3. The van der Waals surface area contributed by atoms with Crippen LogP contribution in [0.3, 0.4) is 0 Å². The third-order valence-electron chi connectivity index (χ3n) is 5.88. The van der Waals surface area contributed by atoms with Gasteiger partial charge in [-0.1, -0.05) is 22.9 Å². The van der Waals surface area contributed by atoms with Gasteiger partial charge in [-0.25, -0.2) is 4.68 Å². The molecule has 4 amide bonds. The molecule has 5 rings (SSSR count). The molecule has 3 aliphatic rings. The smallest absolute Gasteiger partial charge is 0.276 e. The predicted octanol–water partition coefficient (Wildman–Crippen LogP) is 0.997. The lowest BCUT2D eigenvalue weighted by molar-refractivity contribution is -0.136. The van der Waals surface area contributed by atoms with E-state index in [-0.39, 0.29) is 36.4 Å². The van der Waals surface area contributed by atoms with Crippen molar-refractivity contribution >= 4 is 35.2 Å². The normalized spacial score (nSPS) is 20.8. The maximum absolute atomic E-state index is 12.8. The van der Waals surface area contributed by atoms with Gasteiger partial charge in [0.05, 0.1) is 18.4 Å². The fourth-order valence-corrected chi connectivity index (χ4v) is 4.48. The van der Waals surface area contributed by atoms with Crippen LogP contribution in [0.15, 0.2) is 35.5 Å². The van der Waals surface area contributed by atoms with Crippen molar-refractivity contribution in [2.45, 2.75) is 31.8 Å². The fraction of sp³-hybridized carbons (Fsp3) is 0.333. The number of imide groups is 1. The second kappa shape index (κ2) is 7.86. The molecule has 1 N–H and O–H groups in total. The largest absolute Gasteiger partial charge is 0.332 e. The molecule has 1 saturated heterocycles. The van der Waals surface area contributed by atoms with Crippen molar-refractivity contribution < 1.29 is 19.2 Å². The van der Waals surface area contributed by atoms with E-state index in [1.165, 1.54) is 9.58 Å². The van der Waals surface area contributed by atoms with Gasteiger partial charge >= 0.3 is 0 Å². The number of carbonyl (C=O) groups excluding carboxylic acids is 4. The molecule has 2 aromatic rings. The van der Waals surface area contributed by atoms with Crippen molar-refractivity contribution in [2.75, 3.05) is 13.1 Å². The number of aromatic nitrogens is 3. The highest BCUT2D eigenvalue weighted by Gasteiger charge is 2.39. The zero-order valence-corrected chi connectivity index (χ0v) is 17.7. The number of halogens is 1. The average molecular weight is 455 g/mol. The summed E-state index contributed by atoms with van der Waals surface area (Å²) in [6.45, 7) is 1.18. The third kappa shape index (κ3) is 3.56. The van der Waals surface area contributed by atoms with Crippen LogP contribution in [0.5, 0.6) is 0 Å². The number of carbonyl (C=O) groups is 4. The highest BCUT2D eigenvalue weighted by Crippen LogP contribution is 2.29. The van der Waals surface area contributed by atoms with Gasteiger partial charge in [0.2, 0.25) is 11.8 Å².